The zero-order chi connectivity index (χ0) is 14.5. The highest BCUT2D eigenvalue weighted by molar-refractivity contribution is 6.11. The van der Waals surface area contributed by atoms with E-state index < -0.39 is 5.97 Å². The van der Waals surface area contributed by atoms with Crippen molar-refractivity contribution >= 4 is 11.8 Å². The molecule has 20 heavy (non-hydrogen) atoms. The van der Waals surface area contributed by atoms with Crippen LogP contribution in [0.5, 0.6) is 11.5 Å². The van der Waals surface area contributed by atoms with Crippen LogP contribution in [0.1, 0.15) is 15.9 Å². The molecule has 0 spiro atoms. The average Bonchev–Trinajstić information content (AvgIpc) is 2.47. The van der Waals surface area contributed by atoms with Crippen LogP contribution in [0.15, 0.2) is 61.2 Å². The van der Waals surface area contributed by atoms with E-state index in [1.807, 2.05) is 0 Å². The Morgan fingerprint density at radius 2 is 1.80 bits per heavy atom. The van der Waals surface area contributed by atoms with Crippen LogP contribution in [0.3, 0.4) is 0 Å². The summed E-state index contributed by atoms with van der Waals surface area (Å²) in [6, 6.07) is 12.6. The normalized spacial score (nSPS) is 9.80. The summed E-state index contributed by atoms with van der Waals surface area (Å²) >= 11 is 0. The molecule has 0 atom stereocenters. The van der Waals surface area contributed by atoms with Crippen LogP contribution in [0.2, 0.25) is 0 Å². The molecule has 1 N–H and O–H groups in total. The quantitative estimate of drug-likeness (QED) is 0.401. The average molecular weight is 268 g/mol. The van der Waals surface area contributed by atoms with Gasteiger partial charge in [-0.3, -0.25) is 4.79 Å². The van der Waals surface area contributed by atoms with E-state index in [9.17, 15) is 14.7 Å². The summed E-state index contributed by atoms with van der Waals surface area (Å²) in [6.07, 6.45) is 0.987. The Labute approximate surface area is 115 Å². The van der Waals surface area contributed by atoms with Crippen molar-refractivity contribution in [1.29, 1.82) is 0 Å². The largest absolute Gasteiger partial charge is 0.508 e. The molecule has 0 unspecified atom stereocenters. The van der Waals surface area contributed by atoms with Crippen LogP contribution in [-0.4, -0.2) is 16.9 Å². The first-order valence-electron chi connectivity index (χ1n) is 5.89. The number of hydrogen-bond acceptors (Lipinski definition) is 4. The molecule has 0 heterocycles. The third-order valence-electron chi connectivity index (χ3n) is 2.62. The minimum atomic E-state index is -0.697. The first-order valence-corrected chi connectivity index (χ1v) is 5.89. The first kappa shape index (κ1) is 13.5. The molecule has 0 saturated carbocycles. The van der Waals surface area contributed by atoms with Gasteiger partial charge in [-0.25, -0.2) is 4.79 Å². The third kappa shape index (κ3) is 2.92. The summed E-state index contributed by atoms with van der Waals surface area (Å²) in [7, 11) is 0. The van der Waals surface area contributed by atoms with Crippen LogP contribution in [0.25, 0.3) is 0 Å². The molecule has 0 saturated heterocycles. The number of ketones is 1. The molecule has 4 nitrogen and oxygen atoms in total. The maximum absolute atomic E-state index is 12.3. The summed E-state index contributed by atoms with van der Waals surface area (Å²) < 4.78 is 4.98. The fourth-order valence-corrected chi connectivity index (χ4v) is 1.68. The van der Waals surface area contributed by atoms with Gasteiger partial charge in [-0.05, 0) is 12.1 Å². The third-order valence-corrected chi connectivity index (χ3v) is 2.62. The van der Waals surface area contributed by atoms with Crippen molar-refractivity contribution in [3.63, 3.8) is 0 Å². The molecule has 100 valence electrons. The minimum absolute atomic E-state index is 0.00348. The minimum Gasteiger partial charge on any atom is -0.508 e. The molecule has 2 aromatic carbocycles. The van der Waals surface area contributed by atoms with Gasteiger partial charge in [0.25, 0.3) is 0 Å². The van der Waals surface area contributed by atoms with Crippen molar-refractivity contribution < 1.29 is 19.4 Å². The molecule has 0 radical (unpaired) electrons. The molecule has 0 aliphatic heterocycles. The van der Waals surface area contributed by atoms with Crippen molar-refractivity contribution in [1.82, 2.24) is 0 Å². The second-order valence-electron chi connectivity index (χ2n) is 4.00. The van der Waals surface area contributed by atoms with E-state index in [0.29, 0.717) is 5.56 Å². The predicted octanol–water partition coefficient (Wildman–Crippen LogP) is 2.71. The number of esters is 1. The summed E-state index contributed by atoms with van der Waals surface area (Å²) in [5.41, 5.74) is 0.665. The van der Waals surface area contributed by atoms with Gasteiger partial charge in [-0.1, -0.05) is 36.9 Å². The Bertz CT molecular complexity index is 659. The maximum Gasteiger partial charge on any atom is 0.335 e. The van der Waals surface area contributed by atoms with Gasteiger partial charge in [0, 0.05) is 17.7 Å². The summed E-state index contributed by atoms with van der Waals surface area (Å²) in [4.78, 5) is 23.6. The Morgan fingerprint density at radius 1 is 1.10 bits per heavy atom. The molecule has 2 rings (SSSR count). The lowest BCUT2D eigenvalue weighted by atomic mass is 10.0. The number of carbonyl (C=O) groups excluding carboxylic acids is 2. The van der Waals surface area contributed by atoms with E-state index >= 15 is 0 Å². The number of carbonyl (C=O) groups is 2. The summed E-state index contributed by atoms with van der Waals surface area (Å²) in [5.74, 6) is -1.08. The van der Waals surface area contributed by atoms with Crippen molar-refractivity contribution in [2.75, 3.05) is 0 Å². The highest BCUT2D eigenvalue weighted by Crippen LogP contribution is 2.26. The number of phenols is 1. The van der Waals surface area contributed by atoms with Crippen LogP contribution in [-0.2, 0) is 4.79 Å². The molecule has 0 bridgehead atoms. The van der Waals surface area contributed by atoms with E-state index in [4.69, 9.17) is 4.74 Å². The molecule has 0 aliphatic rings. The monoisotopic (exact) mass is 268 g/mol. The van der Waals surface area contributed by atoms with Gasteiger partial charge in [0.2, 0.25) is 0 Å². The zero-order valence-electron chi connectivity index (χ0n) is 10.6. The van der Waals surface area contributed by atoms with Crippen LogP contribution in [0, 0.1) is 0 Å². The standard InChI is InChI=1S/C16H12O4/c1-2-15(18)20-14-10-12(17)8-9-13(14)16(19)11-6-4-3-5-7-11/h2-10,17H,1H2. The molecule has 4 heteroatoms. The fourth-order valence-electron chi connectivity index (χ4n) is 1.68. The number of ether oxygens (including phenoxy) is 1. The molecule has 0 aromatic heterocycles. The fraction of sp³-hybridized carbons (Fsp3) is 0. The number of phenolic OH excluding ortho intramolecular Hbond substituents is 1. The highest BCUT2D eigenvalue weighted by atomic mass is 16.5. The maximum atomic E-state index is 12.3. The second-order valence-corrected chi connectivity index (χ2v) is 4.00. The topological polar surface area (TPSA) is 63.6 Å². The van der Waals surface area contributed by atoms with E-state index in [-0.39, 0.29) is 22.8 Å². The van der Waals surface area contributed by atoms with Crippen LogP contribution < -0.4 is 4.74 Å². The predicted molar refractivity (Wildman–Crippen MR) is 73.8 cm³/mol. The smallest absolute Gasteiger partial charge is 0.335 e. The van der Waals surface area contributed by atoms with Crippen molar-refractivity contribution in [3.05, 3.63) is 72.3 Å². The Balaban J connectivity index is 2.43. The molecular weight excluding hydrogens is 256 g/mol. The molecule has 0 amide bonds. The van der Waals surface area contributed by atoms with E-state index in [2.05, 4.69) is 6.58 Å². The van der Waals surface area contributed by atoms with Gasteiger partial charge in [-0.15, -0.1) is 0 Å². The van der Waals surface area contributed by atoms with Gasteiger partial charge >= 0.3 is 5.97 Å². The lowest BCUT2D eigenvalue weighted by molar-refractivity contribution is -0.128. The number of aromatic hydroxyl groups is 1. The van der Waals surface area contributed by atoms with Gasteiger partial charge < -0.3 is 9.84 Å². The van der Waals surface area contributed by atoms with E-state index in [1.54, 1.807) is 30.3 Å². The Kier molecular flexibility index (Phi) is 3.96. The van der Waals surface area contributed by atoms with Gasteiger partial charge in [0.15, 0.2) is 5.78 Å². The van der Waals surface area contributed by atoms with Crippen LogP contribution in [0.4, 0.5) is 0 Å². The Morgan fingerprint density at radius 3 is 2.45 bits per heavy atom. The molecule has 2 aromatic rings. The van der Waals surface area contributed by atoms with E-state index in [0.717, 1.165) is 6.08 Å². The molecule has 0 aliphatic carbocycles. The number of benzene rings is 2. The highest BCUT2D eigenvalue weighted by Gasteiger charge is 2.16. The molecular formula is C16H12O4. The molecule has 0 fully saturated rings. The van der Waals surface area contributed by atoms with Gasteiger partial charge in [0.05, 0.1) is 5.56 Å². The van der Waals surface area contributed by atoms with Crippen LogP contribution >= 0.6 is 0 Å². The number of hydrogen-bond donors (Lipinski definition) is 1. The van der Waals surface area contributed by atoms with Crippen molar-refractivity contribution in [2.24, 2.45) is 0 Å². The lowest BCUT2D eigenvalue weighted by Gasteiger charge is -2.08. The summed E-state index contributed by atoms with van der Waals surface area (Å²) in [5, 5.41) is 9.45. The first-order chi connectivity index (χ1) is 9.61. The van der Waals surface area contributed by atoms with Crippen molar-refractivity contribution in [2.45, 2.75) is 0 Å². The lowest BCUT2D eigenvalue weighted by Crippen LogP contribution is -2.09. The zero-order valence-corrected chi connectivity index (χ0v) is 10.6. The van der Waals surface area contributed by atoms with Gasteiger partial charge in [0.1, 0.15) is 11.5 Å². The second kappa shape index (κ2) is 5.84. The summed E-state index contributed by atoms with van der Waals surface area (Å²) in [6.45, 7) is 3.29. The Hall–Kier alpha value is -2.88. The number of rotatable bonds is 4. The SMILES string of the molecule is C=CC(=O)Oc1cc(O)ccc1C(=O)c1ccccc1. The van der Waals surface area contributed by atoms with E-state index in [1.165, 1.54) is 18.2 Å². The van der Waals surface area contributed by atoms with Crippen molar-refractivity contribution in [3.8, 4) is 11.5 Å². The van der Waals surface area contributed by atoms with Gasteiger partial charge in [-0.2, -0.15) is 0 Å².